The van der Waals surface area contributed by atoms with Gasteiger partial charge in [0.25, 0.3) is 5.91 Å². The van der Waals surface area contributed by atoms with E-state index in [-0.39, 0.29) is 11.9 Å². The van der Waals surface area contributed by atoms with Crippen molar-refractivity contribution >= 4 is 29.3 Å². The first-order valence-corrected chi connectivity index (χ1v) is 11.1. The highest BCUT2D eigenvalue weighted by Gasteiger charge is 2.42. The molecule has 0 radical (unpaired) electrons. The van der Waals surface area contributed by atoms with Crippen molar-refractivity contribution in [1.29, 1.82) is 0 Å². The molecule has 2 aromatic carbocycles. The number of fused-ring (bicyclic) bond motifs is 3. The average Bonchev–Trinajstić information content (AvgIpc) is 3.39. The first-order chi connectivity index (χ1) is 15.6. The summed E-state index contributed by atoms with van der Waals surface area (Å²) in [6, 6.07) is 16.0. The minimum atomic E-state index is -0.0741. The van der Waals surface area contributed by atoms with Gasteiger partial charge in [0.05, 0.1) is 31.0 Å². The van der Waals surface area contributed by atoms with E-state index in [1.165, 1.54) is 5.56 Å². The molecule has 164 valence electrons. The molecule has 0 fully saturated rings. The third-order valence-electron chi connectivity index (χ3n) is 5.90. The SMILES string of the molecule is CCN1C(=O)c2c(ncn2Cc2ccc(OC)c(Cl)c2)N2C[C@@H](Cc3ccccc3)N=C12. The van der Waals surface area contributed by atoms with Crippen molar-refractivity contribution in [2.45, 2.75) is 25.9 Å². The van der Waals surface area contributed by atoms with Crippen LogP contribution in [-0.4, -0.2) is 52.6 Å². The van der Waals surface area contributed by atoms with E-state index in [1.54, 1.807) is 18.3 Å². The van der Waals surface area contributed by atoms with Crippen LogP contribution in [0, 0.1) is 0 Å². The Bertz CT molecular complexity index is 1190. The molecule has 8 heteroatoms. The predicted molar refractivity (Wildman–Crippen MR) is 125 cm³/mol. The molecular formula is C24H24ClN5O2. The molecule has 2 aliphatic rings. The average molecular weight is 450 g/mol. The Kier molecular flexibility index (Phi) is 5.35. The van der Waals surface area contributed by atoms with E-state index in [4.69, 9.17) is 21.3 Å². The van der Waals surface area contributed by atoms with Crippen LogP contribution in [0.4, 0.5) is 5.82 Å². The van der Waals surface area contributed by atoms with Gasteiger partial charge in [-0.1, -0.05) is 48.0 Å². The van der Waals surface area contributed by atoms with Crippen LogP contribution in [-0.2, 0) is 13.0 Å². The number of methoxy groups -OCH3 is 1. The third-order valence-corrected chi connectivity index (χ3v) is 6.19. The van der Waals surface area contributed by atoms with Crippen molar-refractivity contribution in [3.8, 4) is 5.75 Å². The van der Waals surface area contributed by atoms with E-state index >= 15 is 0 Å². The van der Waals surface area contributed by atoms with E-state index in [0.29, 0.717) is 47.9 Å². The number of hydrogen-bond donors (Lipinski definition) is 0. The molecular weight excluding hydrogens is 426 g/mol. The molecule has 1 amide bonds. The van der Waals surface area contributed by atoms with Crippen LogP contribution in [0.25, 0.3) is 0 Å². The Morgan fingerprint density at radius 3 is 2.69 bits per heavy atom. The lowest BCUT2D eigenvalue weighted by Gasteiger charge is -2.33. The van der Waals surface area contributed by atoms with Gasteiger partial charge in [-0.3, -0.25) is 14.6 Å². The van der Waals surface area contributed by atoms with Gasteiger partial charge in [-0.15, -0.1) is 0 Å². The van der Waals surface area contributed by atoms with Gasteiger partial charge in [0.1, 0.15) is 5.75 Å². The molecule has 0 spiro atoms. The van der Waals surface area contributed by atoms with Gasteiger partial charge < -0.3 is 9.30 Å². The summed E-state index contributed by atoms with van der Waals surface area (Å²) >= 11 is 6.29. The summed E-state index contributed by atoms with van der Waals surface area (Å²) in [6.45, 7) is 3.71. The molecule has 3 aromatic rings. The summed E-state index contributed by atoms with van der Waals surface area (Å²) in [6.07, 6.45) is 2.55. The lowest BCUT2D eigenvalue weighted by Crippen LogP contribution is -2.50. The fraction of sp³-hybridized carbons (Fsp3) is 0.292. The zero-order valence-electron chi connectivity index (χ0n) is 18.0. The second kappa shape index (κ2) is 8.31. The van der Waals surface area contributed by atoms with Crippen molar-refractivity contribution in [2.75, 3.05) is 25.1 Å². The quantitative estimate of drug-likeness (QED) is 0.573. The number of ether oxygens (including phenoxy) is 1. The standard InChI is InChI=1S/C24H24ClN5O2/c1-3-29-23(31)21-22(26-15-28(21)13-17-9-10-20(32-2)19(25)12-17)30-14-18(27-24(29)30)11-16-7-5-4-6-8-16/h4-10,12,15,18H,3,11,13-14H2,1-2H3/t18-/m1/s1. The Hall–Kier alpha value is -3.32. The van der Waals surface area contributed by atoms with Crippen LogP contribution in [0.1, 0.15) is 28.5 Å². The highest BCUT2D eigenvalue weighted by molar-refractivity contribution is 6.32. The number of aromatic nitrogens is 2. The fourth-order valence-electron chi connectivity index (χ4n) is 4.38. The van der Waals surface area contributed by atoms with Gasteiger partial charge in [-0.05, 0) is 36.6 Å². The molecule has 2 aliphatic heterocycles. The van der Waals surface area contributed by atoms with Crippen LogP contribution in [0.3, 0.4) is 0 Å². The number of imidazole rings is 1. The Morgan fingerprint density at radius 1 is 1.16 bits per heavy atom. The van der Waals surface area contributed by atoms with E-state index in [9.17, 15) is 4.79 Å². The molecule has 0 saturated heterocycles. The number of anilines is 1. The van der Waals surface area contributed by atoms with Crippen LogP contribution in [0.5, 0.6) is 5.75 Å². The largest absolute Gasteiger partial charge is 0.495 e. The first-order valence-electron chi connectivity index (χ1n) is 10.7. The minimum Gasteiger partial charge on any atom is -0.495 e. The van der Waals surface area contributed by atoms with E-state index in [1.807, 2.05) is 47.9 Å². The normalized spacial score (nSPS) is 17.3. The number of hydrogen-bond acceptors (Lipinski definition) is 5. The second-order valence-electron chi connectivity index (χ2n) is 7.95. The molecule has 7 nitrogen and oxygen atoms in total. The van der Waals surface area contributed by atoms with E-state index in [2.05, 4.69) is 22.0 Å². The highest BCUT2D eigenvalue weighted by Crippen LogP contribution is 2.32. The summed E-state index contributed by atoms with van der Waals surface area (Å²) in [5.74, 6) is 1.92. The van der Waals surface area contributed by atoms with Gasteiger partial charge in [-0.2, -0.15) is 0 Å². The predicted octanol–water partition coefficient (Wildman–Crippen LogP) is 3.86. The third kappa shape index (κ3) is 3.52. The molecule has 5 rings (SSSR count). The van der Waals surface area contributed by atoms with Crippen LogP contribution < -0.4 is 9.64 Å². The van der Waals surface area contributed by atoms with Crippen molar-refractivity contribution < 1.29 is 9.53 Å². The van der Waals surface area contributed by atoms with Crippen molar-refractivity contribution in [1.82, 2.24) is 14.5 Å². The summed E-state index contributed by atoms with van der Waals surface area (Å²) in [7, 11) is 1.59. The molecule has 0 unspecified atom stereocenters. The van der Waals surface area contributed by atoms with Crippen molar-refractivity contribution in [2.24, 2.45) is 4.99 Å². The number of amides is 1. The summed E-state index contributed by atoms with van der Waals surface area (Å²) in [5, 5.41) is 0.540. The Morgan fingerprint density at radius 2 is 1.97 bits per heavy atom. The molecule has 3 heterocycles. The first kappa shape index (κ1) is 20.6. The molecule has 1 atom stereocenters. The number of rotatable bonds is 6. The molecule has 1 aromatic heterocycles. The molecule has 0 N–H and O–H groups in total. The maximum Gasteiger partial charge on any atom is 0.281 e. The fourth-order valence-corrected chi connectivity index (χ4v) is 4.66. The van der Waals surface area contributed by atoms with E-state index in [0.717, 1.165) is 12.0 Å². The van der Waals surface area contributed by atoms with Crippen molar-refractivity contribution in [3.63, 3.8) is 0 Å². The van der Waals surface area contributed by atoms with Gasteiger partial charge in [0.15, 0.2) is 11.5 Å². The summed E-state index contributed by atoms with van der Waals surface area (Å²) in [5.41, 5.74) is 2.78. The monoisotopic (exact) mass is 449 g/mol. The lowest BCUT2D eigenvalue weighted by atomic mass is 10.1. The topological polar surface area (TPSA) is 63.0 Å². The van der Waals surface area contributed by atoms with Gasteiger partial charge in [0, 0.05) is 13.1 Å². The lowest BCUT2D eigenvalue weighted by molar-refractivity contribution is 0.0836. The zero-order chi connectivity index (χ0) is 22.2. The number of nitrogens with zero attached hydrogens (tertiary/aromatic N) is 5. The number of guanidine groups is 1. The van der Waals surface area contributed by atoms with Gasteiger partial charge >= 0.3 is 0 Å². The van der Waals surface area contributed by atoms with Crippen LogP contribution in [0.15, 0.2) is 59.9 Å². The number of aliphatic imine (C=N–C) groups is 1. The minimum absolute atomic E-state index is 0.0741. The maximum atomic E-state index is 13.4. The van der Waals surface area contributed by atoms with Crippen LogP contribution >= 0.6 is 11.6 Å². The van der Waals surface area contributed by atoms with Crippen LogP contribution in [0.2, 0.25) is 5.02 Å². The Labute approximate surface area is 191 Å². The zero-order valence-corrected chi connectivity index (χ0v) is 18.8. The molecule has 0 aliphatic carbocycles. The molecule has 32 heavy (non-hydrogen) atoms. The Balaban J connectivity index is 1.45. The maximum absolute atomic E-state index is 13.4. The van der Waals surface area contributed by atoms with Crippen molar-refractivity contribution in [3.05, 3.63) is 76.7 Å². The molecule has 0 bridgehead atoms. The highest BCUT2D eigenvalue weighted by atomic mass is 35.5. The number of halogens is 1. The number of benzene rings is 2. The van der Waals surface area contributed by atoms with Gasteiger partial charge in [-0.25, -0.2) is 9.98 Å². The summed E-state index contributed by atoms with van der Waals surface area (Å²) < 4.78 is 7.13. The van der Waals surface area contributed by atoms with Gasteiger partial charge in [0.2, 0.25) is 5.96 Å². The smallest absolute Gasteiger partial charge is 0.281 e. The number of carbonyl (C=O) groups is 1. The molecule has 0 saturated carbocycles. The number of carbonyl (C=O) groups excluding carboxylic acids is 1. The summed E-state index contributed by atoms with van der Waals surface area (Å²) in [4.78, 5) is 26.7. The van der Waals surface area contributed by atoms with E-state index < -0.39 is 0 Å². The second-order valence-corrected chi connectivity index (χ2v) is 8.35.